The van der Waals surface area contributed by atoms with Crippen LogP contribution in [0, 0.1) is 0 Å². The summed E-state index contributed by atoms with van der Waals surface area (Å²) >= 11 is 3.44. The summed E-state index contributed by atoms with van der Waals surface area (Å²) in [7, 11) is 1.88. The van der Waals surface area contributed by atoms with E-state index in [0.717, 1.165) is 16.5 Å². The molecule has 1 aromatic heterocycles. The van der Waals surface area contributed by atoms with Crippen LogP contribution in [0.4, 0.5) is 0 Å². The Morgan fingerprint density at radius 3 is 2.59 bits per heavy atom. The minimum atomic E-state index is -0.0926. The van der Waals surface area contributed by atoms with Crippen molar-refractivity contribution in [3.63, 3.8) is 0 Å². The van der Waals surface area contributed by atoms with Crippen molar-refractivity contribution in [1.29, 1.82) is 0 Å². The molecule has 1 amide bonds. The van der Waals surface area contributed by atoms with E-state index in [1.165, 1.54) is 5.56 Å². The second kappa shape index (κ2) is 7.09. The summed E-state index contributed by atoms with van der Waals surface area (Å²) in [5.74, 6) is 0.0778. The lowest BCUT2D eigenvalue weighted by Gasteiger charge is -2.25. The molecule has 2 aromatic rings. The highest BCUT2D eigenvalue weighted by Gasteiger charge is 2.21. The average molecular weight is 364 g/mol. The first kappa shape index (κ1) is 16.7. The van der Waals surface area contributed by atoms with Crippen LogP contribution in [0.1, 0.15) is 31.4 Å². The SMILES string of the molecule is Cn1cc(CCC(=O)NCC(C)(C)c2ccc(Br)cc2)cn1. The van der Waals surface area contributed by atoms with Crippen molar-refractivity contribution in [1.82, 2.24) is 15.1 Å². The van der Waals surface area contributed by atoms with Crippen LogP contribution in [-0.2, 0) is 23.7 Å². The molecule has 0 spiro atoms. The van der Waals surface area contributed by atoms with Crippen molar-refractivity contribution >= 4 is 21.8 Å². The molecule has 5 heteroatoms. The van der Waals surface area contributed by atoms with Gasteiger partial charge < -0.3 is 5.32 Å². The first-order valence-corrected chi connectivity index (χ1v) is 8.16. The molecule has 0 radical (unpaired) electrons. The number of nitrogens with one attached hydrogen (secondary N) is 1. The number of hydrogen-bond donors (Lipinski definition) is 1. The zero-order chi connectivity index (χ0) is 16.2. The zero-order valence-corrected chi connectivity index (χ0v) is 14.9. The van der Waals surface area contributed by atoms with Gasteiger partial charge in [0.2, 0.25) is 5.91 Å². The lowest BCUT2D eigenvalue weighted by Crippen LogP contribution is -2.36. The quantitative estimate of drug-likeness (QED) is 0.856. The van der Waals surface area contributed by atoms with Gasteiger partial charge in [-0.2, -0.15) is 5.10 Å². The Bertz CT molecular complexity index is 632. The maximum absolute atomic E-state index is 12.0. The monoisotopic (exact) mass is 363 g/mol. The summed E-state index contributed by atoms with van der Waals surface area (Å²) in [5.41, 5.74) is 2.21. The summed E-state index contributed by atoms with van der Waals surface area (Å²) in [5, 5.41) is 7.14. The summed E-state index contributed by atoms with van der Waals surface area (Å²) in [6.45, 7) is 4.90. The molecule has 0 unspecified atom stereocenters. The van der Waals surface area contributed by atoms with Gasteiger partial charge in [0.25, 0.3) is 0 Å². The molecule has 0 bridgehead atoms. The third-order valence-electron chi connectivity index (χ3n) is 3.75. The largest absolute Gasteiger partial charge is 0.355 e. The molecule has 4 nitrogen and oxygen atoms in total. The number of rotatable bonds is 6. The number of carbonyl (C=O) groups is 1. The predicted molar refractivity (Wildman–Crippen MR) is 91.7 cm³/mol. The van der Waals surface area contributed by atoms with Crippen LogP contribution in [0.25, 0.3) is 0 Å². The maximum atomic E-state index is 12.0. The van der Waals surface area contributed by atoms with Crippen molar-refractivity contribution in [2.75, 3.05) is 6.54 Å². The lowest BCUT2D eigenvalue weighted by atomic mass is 9.84. The minimum absolute atomic E-state index is 0.0778. The Hall–Kier alpha value is -1.62. The Morgan fingerprint density at radius 2 is 2.00 bits per heavy atom. The maximum Gasteiger partial charge on any atom is 0.220 e. The number of nitrogens with zero attached hydrogens (tertiary/aromatic N) is 2. The molecular weight excluding hydrogens is 342 g/mol. The summed E-state index contributed by atoms with van der Waals surface area (Å²) in [4.78, 5) is 12.0. The van der Waals surface area contributed by atoms with Crippen LogP contribution in [0.3, 0.4) is 0 Å². The van der Waals surface area contributed by atoms with Crippen molar-refractivity contribution in [3.05, 3.63) is 52.3 Å². The number of aromatic nitrogens is 2. The molecule has 0 atom stereocenters. The van der Waals surface area contributed by atoms with Gasteiger partial charge in [0.05, 0.1) is 6.20 Å². The fourth-order valence-electron chi connectivity index (χ4n) is 2.27. The first-order chi connectivity index (χ1) is 10.4. The van der Waals surface area contributed by atoms with Gasteiger partial charge >= 0.3 is 0 Å². The third-order valence-corrected chi connectivity index (χ3v) is 4.28. The number of aryl methyl sites for hydroxylation is 2. The normalized spacial score (nSPS) is 11.5. The van der Waals surface area contributed by atoms with Crippen molar-refractivity contribution in [3.8, 4) is 0 Å². The lowest BCUT2D eigenvalue weighted by molar-refractivity contribution is -0.121. The highest BCUT2D eigenvalue weighted by atomic mass is 79.9. The molecule has 0 saturated carbocycles. The van der Waals surface area contributed by atoms with Crippen molar-refractivity contribution < 1.29 is 4.79 Å². The van der Waals surface area contributed by atoms with Gasteiger partial charge in [0, 0.05) is 36.1 Å². The van der Waals surface area contributed by atoms with Crippen LogP contribution >= 0.6 is 15.9 Å². The smallest absolute Gasteiger partial charge is 0.220 e. The van der Waals surface area contributed by atoms with Crippen LogP contribution in [0.15, 0.2) is 41.1 Å². The molecule has 0 fully saturated rings. The minimum Gasteiger partial charge on any atom is -0.355 e. The number of halogens is 1. The molecule has 1 heterocycles. The van der Waals surface area contributed by atoms with Crippen LogP contribution < -0.4 is 5.32 Å². The van der Waals surface area contributed by atoms with Gasteiger partial charge in [-0.05, 0) is 29.7 Å². The fraction of sp³-hybridized carbons (Fsp3) is 0.412. The summed E-state index contributed by atoms with van der Waals surface area (Å²) in [6.07, 6.45) is 4.96. The Kier molecular flexibility index (Phi) is 5.40. The zero-order valence-electron chi connectivity index (χ0n) is 13.3. The van der Waals surface area contributed by atoms with Gasteiger partial charge in [-0.15, -0.1) is 0 Å². The molecule has 0 saturated heterocycles. The van der Waals surface area contributed by atoms with E-state index in [4.69, 9.17) is 0 Å². The number of benzene rings is 1. The molecule has 1 aromatic carbocycles. The van der Waals surface area contributed by atoms with E-state index >= 15 is 0 Å². The van der Waals surface area contributed by atoms with Gasteiger partial charge in [0.15, 0.2) is 0 Å². The summed E-state index contributed by atoms with van der Waals surface area (Å²) < 4.78 is 2.82. The third kappa shape index (κ3) is 4.70. The molecule has 22 heavy (non-hydrogen) atoms. The van der Waals surface area contributed by atoms with E-state index in [1.807, 2.05) is 25.4 Å². The average Bonchev–Trinajstić information content (AvgIpc) is 2.89. The van der Waals surface area contributed by atoms with E-state index < -0.39 is 0 Å². The van der Waals surface area contributed by atoms with Gasteiger partial charge in [0.1, 0.15) is 0 Å². The Labute approximate surface area is 140 Å². The molecule has 0 aliphatic rings. The highest BCUT2D eigenvalue weighted by Crippen LogP contribution is 2.24. The van der Waals surface area contributed by atoms with Crippen molar-refractivity contribution in [2.45, 2.75) is 32.1 Å². The highest BCUT2D eigenvalue weighted by molar-refractivity contribution is 9.10. The van der Waals surface area contributed by atoms with E-state index in [1.54, 1.807) is 10.9 Å². The predicted octanol–water partition coefficient (Wildman–Crippen LogP) is 3.21. The van der Waals surface area contributed by atoms with Crippen LogP contribution in [0.2, 0.25) is 0 Å². The summed E-state index contributed by atoms with van der Waals surface area (Å²) in [6, 6.07) is 8.24. The number of amides is 1. The molecule has 0 aliphatic heterocycles. The van der Waals surface area contributed by atoms with E-state index in [2.05, 4.69) is 52.3 Å². The number of carbonyl (C=O) groups excluding carboxylic acids is 1. The number of hydrogen-bond acceptors (Lipinski definition) is 2. The molecule has 118 valence electrons. The Balaban J connectivity index is 1.83. The topological polar surface area (TPSA) is 46.9 Å². The molecule has 2 rings (SSSR count). The first-order valence-electron chi connectivity index (χ1n) is 7.37. The van der Waals surface area contributed by atoms with Crippen LogP contribution in [0.5, 0.6) is 0 Å². The second-order valence-corrected chi connectivity index (χ2v) is 7.11. The second-order valence-electron chi connectivity index (χ2n) is 6.19. The fourth-order valence-corrected chi connectivity index (χ4v) is 2.53. The molecular formula is C17H22BrN3O. The van der Waals surface area contributed by atoms with E-state index in [-0.39, 0.29) is 11.3 Å². The van der Waals surface area contributed by atoms with Gasteiger partial charge in [-0.25, -0.2) is 0 Å². The molecule has 1 N–H and O–H groups in total. The van der Waals surface area contributed by atoms with E-state index in [9.17, 15) is 4.79 Å². The van der Waals surface area contributed by atoms with Gasteiger partial charge in [-0.3, -0.25) is 9.48 Å². The van der Waals surface area contributed by atoms with Crippen molar-refractivity contribution in [2.24, 2.45) is 7.05 Å². The molecule has 0 aliphatic carbocycles. The van der Waals surface area contributed by atoms with Gasteiger partial charge in [-0.1, -0.05) is 41.9 Å². The van der Waals surface area contributed by atoms with E-state index in [0.29, 0.717) is 13.0 Å². The van der Waals surface area contributed by atoms with Crippen LogP contribution in [-0.4, -0.2) is 22.2 Å². The standard InChI is InChI=1S/C17H22BrN3O/c1-17(2,14-5-7-15(18)8-6-14)12-19-16(22)9-4-13-10-20-21(3)11-13/h5-8,10-11H,4,9,12H2,1-3H3,(H,19,22). The Morgan fingerprint density at radius 1 is 1.32 bits per heavy atom.